The number of carboxylic acid groups (broad SMARTS) is 1. The van der Waals surface area contributed by atoms with Crippen LogP contribution in [0.4, 0.5) is 0 Å². The van der Waals surface area contributed by atoms with Crippen LogP contribution >= 0.6 is 0 Å². The molecule has 0 aliphatic heterocycles. The third-order valence-corrected chi connectivity index (χ3v) is 11.4. The first kappa shape index (κ1) is 26.6. The number of hydrogen-bond acceptors (Lipinski definition) is 4. The zero-order chi connectivity index (χ0) is 26.1. The van der Waals surface area contributed by atoms with E-state index in [9.17, 15) is 24.9 Å². The maximum Gasteiger partial charge on any atom is 0.306 e. The molecule has 8 atom stereocenters. The van der Waals surface area contributed by atoms with Gasteiger partial charge in [-0.15, -0.1) is 0 Å². The fourth-order valence-corrected chi connectivity index (χ4v) is 8.86. The Kier molecular flexibility index (Phi) is 6.50. The Hall–Kier alpha value is -1.46. The summed E-state index contributed by atoms with van der Waals surface area (Å²) in [6, 6.07) is 0. The Morgan fingerprint density at radius 3 is 2.31 bits per heavy atom. The molecule has 0 aromatic carbocycles. The molecule has 3 N–H and O–H groups in total. The van der Waals surface area contributed by atoms with Crippen molar-refractivity contribution >= 4 is 11.8 Å². The van der Waals surface area contributed by atoms with Gasteiger partial charge in [0.1, 0.15) is 5.78 Å². The van der Waals surface area contributed by atoms with Gasteiger partial charge in [-0.3, -0.25) is 9.59 Å². The van der Waals surface area contributed by atoms with Gasteiger partial charge in [-0.05, 0) is 71.8 Å². The van der Waals surface area contributed by atoms with E-state index in [1.54, 1.807) is 0 Å². The fraction of sp³-hybridized carbons (Fsp3) is 0.800. The van der Waals surface area contributed by atoms with Crippen molar-refractivity contribution in [3.05, 3.63) is 23.3 Å². The number of aliphatic hydroxyl groups is 2. The van der Waals surface area contributed by atoms with Crippen molar-refractivity contribution < 1.29 is 24.9 Å². The quantitative estimate of drug-likeness (QED) is 0.458. The molecule has 4 aliphatic carbocycles. The third kappa shape index (κ3) is 3.70. The molecule has 0 radical (unpaired) electrons. The van der Waals surface area contributed by atoms with Crippen LogP contribution in [0.5, 0.6) is 0 Å². The molecule has 0 heterocycles. The van der Waals surface area contributed by atoms with Gasteiger partial charge in [0.15, 0.2) is 0 Å². The van der Waals surface area contributed by atoms with Gasteiger partial charge in [0.05, 0.1) is 18.1 Å². The molecular weight excluding hydrogens is 440 g/mol. The lowest BCUT2D eigenvalue weighted by Gasteiger charge is -2.61. The molecule has 35 heavy (non-hydrogen) atoms. The number of Topliss-reactive ketones (excluding diaryl/α,β-unsaturated/α-hetero) is 1. The second-order valence-electron chi connectivity index (χ2n) is 13.7. The first-order chi connectivity index (χ1) is 16.1. The number of hydrogen-bond donors (Lipinski definition) is 3. The van der Waals surface area contributed by atoms with Crippen LogP contribution in [0.2, 0.25) is 0 Å². The first-order valence-electron chi connectivity index (χ1n) is 13.6. The van der Waals surface area contributed by atoms with Gasteiger partial charge in [0.2, 0.25) is 0 Å². The molecule has 0 aromatic rings. The van der Waals surface area contributed by atoms with Gasteiger partial charge < -0.3 is 15.3 Å². The number of aliphatic hydroxyl groups excluding tert-OH is 2. The SMILES string of the molecule is CC(C)C(=O)CC[C@@H](C(=O)O)[C@H]1[C@H](O)C[C@@]2(C)C3=CCC4C(C)(C)[C@H](O)CC[C@]4(C)C3=CC[C@]12C. The van der Waals surface area contributed by atoms with Crippen LogP contribution in [-0.4, -0.2) is 39.3 Å². The smallest absolute Gasteiger partial charge is 0.306 e. The summed E-state index contributed by atoms with van der Waals surface area (Å²) in [4.78, 5) is 24.8. The normalized spacial score (nSPS) is 42.9. The summed E-state index contributed by atoms with van der Waals surface area (Å²) >= 11 is 0. The predicted octanol–water partition coefficient (Wildman–Crippen LogP) is 5.55. The Morgan fingerprint density at radius 2 is 1.71 bits per heavy atom. The van der Waals surface area contributed by atoms with Crippen molar-refractivity contribution in [3.63, 3.8) is 0 Å². The number of allylic oxidation sites excluding steroid dienone is 4. The number of rotatable bonds is 6. The van der Waals surface area contributed by atoms with Crippen LogP contribution in [-0.2, 0) is 9.59 Å². The van der Waals surface area contributed by atoms with Crippen molar-refractivity contribution in [2.45, 2.75) is 106 Å². The molecule has 5 nitrogen and oxygen atoms in total. The molecule has 1 unspecified atom stereocenters. The van der Waals surface area contributed by atoms with Crippen molar-refractivity contribution in [1.29, 1.82) is 0 Å². The van der Waals surface area contributed by atoms with Gasteiger partial charge in [-0.1, -0.05) is 60.6 Å². The lowest BCUT2D eigenvalue weighted by atomic mass is 9.44. The van der Waals surface area contributed by atoms with E-state index in [1.165, 1.54) is 11.1 Å². The Morgan fingerprint density at radius 1 is 1.06 bits per heavy atom. The second kappa shape index (κ2) is 8.55. The maximum atomic E-state index is 12.5. The topological polar surface area (TPSA) is 94.8 Å². The molecule has 4 aliphatic rings. The Balaban J connectivity index is 1.72. The van der Waals surface area contributed by atoms with Gasteiger partial charge in [-0.25, -0.2) is 0 Å². The average molecular weight is 487 g/mol. The van der Waals surface area contributed by atoms with Crippen molar-refractivity contribution in [2.24, 2.45) is 45.3 Å². The monoisotopic (exact) mass is 486 g/mol. The Labute approximate surface area is 211 Å². The van der Waals surface area contributed by atoms with Crippen LogP contribution in [0.15, 0.2) is 23.3 Å². The molecule has 196 valence electrons. The summed E-state index contributed by atoms with van der Waals surface area (Å²) in [5.41, 5.74) is 1.72. The summed E-state index contributed by atoms with van der Waals surface area (Å²) in [7, 11) is 0. The van der Waals surface area contributed by atoms with Crippen molar-refractivity contribution in [1.82, 2.24) is 0 Å². The highest BCUT2D eigenvalue weighted by atomic mass is 16.4. The number of carboxylic acids is 1. The highest BCUT2D eigenvalue weighted by Gasteiger charge is 2.66. The van der Waals surface area contributed by atoms with Crippen LogP contribution < -0.4 is 0 Å². The number of fused-ring (bicyclic) bond motifs is 5. The van der Waals surface area contributed by atoms with Gasteiger partial charge in [-0.2, -0.15) is 0 Å². The molecular formula is C30H46O5. The number of aliphatic carboxylic acids is 1. The van der Waals surface area contributed by atoms with Crippen LogP contribution in [0.1, 0.15) is 93.4 Å². The van der Waals surface area contributed by atoms with Gasteiger partial charge in [0, 0.05) is 23.7 Å². The lowest BCUT2D eigenvalue weighted by Crippen LogP contribution is -2.54. The largest absolute Gasteiger partial charge is 0.481 e. The zero-order valence-corrected chi connectivity index (χ0v) is 22.7. The number of carbonyl (C=O) groups excluding carboxylic acids is 1. The lowest BCUT2D eigenvalue weighted by molar-refractivity contribution is -0.148. The van der Waals surface area contributed by atoms with E-state index >= 15 is 0 Å². The summed E-state index contributed by atoms with van der Waals surface area (Å²) in [6.07, 6.45) is 8.09. The van der Waals surface area contributed by atoms with E-state index in [0.29, 0.717) is 12.3 Å². The second-order valence-corrected chi connectivity index (χ2v) is 13.7. The minimum atomic E-state index is -0.904. The van der Waals surface area contributed by atoms with E-state index in [2.05, 4.69) is 46.8 Å². The molecule has 0 saturated heterocycles. The standard InChI is InChI=1S/C30H46O5/c1-17(2)21(31)10-8-18(26(34)35)25-22(32)16-30(7)20-9-11-23-27(3,4)24(33)13-14-28(23,5)19(20)12-15-29(25,30)6/h9,12,17-18,22-25,32-33H,8,10-11,13-16H2,1-7H3,(H,34,35)/t18-,22-,23?,24-,25+,28-,29-,30+/m1/s1. The minimum absolute atomic E-state index is 0.0317. The minimum Gasteiger partial charge on any atom is -0.481 e. The van der Waals surface area contributed by atoms with Crippen molar-refractivity contribution in [3.8, 4) is 0 Å². The number of carbonyl (C=O) groups is 2. The van der Waals surface area contributed by atoms with E-state index in [0.717, 1.165) is 25.7 Å². The summed E-state index contributed by atoms with van der Waals surface area (Å²) in [5, 5.41) is 32.4. The van der Waals surface area contributed by atoms with Crippen LogP contribution in [0, 0.1) is 45.3 Å². The maximum absolute atomic E-state index is 12.5. The summed E-state index contributed by atoms with van der Waals surface area (Å²) in [5.74, 6) is -1.74. The van der Waals surface area contributed by atoms with Crippen LogP contribution in [0.3, 0.4) is 0 Å². The van der Waals surface area contributed by atoms with Gasteiger partial charge >= 0.3 is 5.97 Å². The highest BCUT2D eigenvalue weighted by Crippen LogP contribution is 2.71. The van der Waals surface area contributed by atoms with E-state index in [4.69, 9.17) is 0 Å². The Bertz CT molecular complexity index is 960. The molecule has 0 spiro atoms. The highest BCUT2D eigenvalue weighted by molar-refractivity contribution is 5.81. The average Bonchev–Trinajstić information content (AvgIpc) is 2.97. The third-order valence-electron chi connectivity index (χ3n) is 11.4. The molecule has 2 saturated carbocycles. The van der Waals surface area contributed by atoms with Crippen LogP contribution in [0.25, 0.3) is 0 Å². The molecule has 2 fully saturated rings. The van der Waals surface area contributed by atoms with Crippen molar-refractivity contribution in [2.75, 3.05) is 0 Å². The van der Waals surface area contributed by atoms with E-state index in [1.807, 2.05) is 13.8 Å². The number of ketones is 1. The summed E-state index contributed by atoms with van der Waals surface area (Å²) < 4.78 is 0. The first-order valence-corrected chi connectivity index (χ1v) is 13.6. The zero-order valence-electron chi connectivity index (χ0n) is 22.7. The summed E-state index contributed by atoms with van der Waals surface area (Å²) in [6.45, 7) is 14.9. The molecule has 0 bridgehead atoms. The predicted molar refractivity (Wildman–Crippen MR) is 137 cm³/mol. The fourth-order valence-electron chi connectivity index (χ4n) is 8.86. The molecule has 0 amide bonds. The van der Waals surface area contributed by atoms with E-state index < -0.39 is 29.3 Å². The molecule has 0 aromatic heterocycles. The molecule has 4 rings (SSSR count). The van der Waals surface area contributed by atoms with E-state index in [-0.39, 0.29) is 46.9 Å². The van der Waals surface area contributed by atoms with Gasteiger partial charge in [0.25, 0.3) is 0 Å². The molecule has 5 heteroatoms.